The van der Waals surface area contributed by atoms with Gasteiger partial charge in [0.15, 0.2) is 5.82 Å². The highest BCUT2D eigenvalue weighted by Gasteiger charge is 2.08. The van der Waals surface area contributed by atoms with E-state index in [1.807, 2.05) is 0 Å². The van der Waals surface area contributed by atoms with Gasteiger partial charge in [-0.25, -0.2) is 0 Å². The van der Waals surface area contributed by atoms with Crippen molar-refractivity contribution in [2.24, 2.45) is 5.92 Å². The van der Waals surface area contributed by atoms with Crippen molar-refractivity contribution in [3.63, 3.8) is 0 Å². The summed E-state index contributed by atoms with van der Waals surface area (Å²) in [5.74, 6) is 1.59. The topological polar surface area (TPSA) is 41.0 Å². The summed E-state index contributed by atoms with van der Waals surface area (Å²) in [4.78, 5) is 3.59. The highest BCUT2D eigenvalue weighted by molar-refractivity contribution is 7.09. The number of nitrogens with zero attached hydrogens (tertiary/aromatic N) is 3. The van der Waals surface area contributed by atoms with Gasteiger partial charge in [0.25, 0.3) is 0 Å². The molecule has 2 heterocycles. The van der Waals surface area contributed by atoms with Crippen LogP contribution >= 0.6 is 11.3 Å². The van der Waals surface area contributed by atoms with Crippen LogP contribution in [0.1, 0.15) is 31.3 Å². The summed E-state index contributed by atoms with van der Waals surface area (Å²) in [6.45, 7) is 10.2. The maximum atomic E-state index is 4.37. The molecule has 0 aromatic carbocycles. The summed E-state index contributed by atoms with van der Waals surface area (Å²) < 4.78 is 0. The highest BCUT2D eigenvalue weighted by Crippen LogP contribution is 2.16. The summed E-state index contributed by atoms with van der Waals surface area (Å²) in [7, 11) is 0. The molecular formula is C16H24N4S. The van der Waals surface area contributed by atoms with Crippen molar-refractivity contribution in [2.75, 3.05) is 18.0 Å². The normalized spacial score (nSPS) is 11.0. The van der Waals surface area contributed by atoms with Crippen LogP contribution in [0.15, 0.2) is 29.6 Å². The van der Waals surface area contributed by atoms with E-state index in [1.54, 1.807) is 11.3 Å². The maximum absolute atomic E-state index is 4.37. The minimum absolute atomic E-state index is 0.651. The van der Waals surface area contributed by atoms with E-state index in [0.29, 0.717) is 5.92 Å². The van der Waals surface area contributed by atoms with Crippen LogP contribution in [-0.4, -0.2) is 23.3 Å². The van der Waals surface area contributed by atoms with E-state index in [-0.39, 0.29) is 0 Å². The average molecular weight is 304 g/mol. The molecule has 114 valence electrons. The molecule has 0 radical (unpaired) electrons. The number of hydrogen-bond acceptors (Lipinski definition) is 5. The molecule has 0 unspecified atom stereocenters. The Morgan fingerprint density at radius 2 is 2.10 bits per heavy atom. The molecule has 2 aromatic rings. The van der Waals surface area contributed by atoms with Gasteiger partial charge in [-0.2, -0.15) is 5.10 Å². The smallest absolute Gasteiger partial charge is 0.151 e. The zero-order valence-corrected chi connectivity index (χ0v) is 13.9. The van der Waals surface area contributed by atoms with E-state index in [2.05, 4.69) is 70.8 Å². The minimum atomic E-state index is 0.651. The number of nitrogens with one attached hydrogen (secondary N) is 1. The first-order valence-corrected chi connectivity index (χ1v) is 8.37. The fourth-order valence-corrected chi connectivity index (χ4v) is 2.77. The van der Waals surface area contributed by atoms with Gasteiger partial charge in [0.1, 0.15) is 0 Å². The lowest BCUT2D eigenvalue weighted by molar-refractivity contribution is 0.546. The third kappa shape index (κ3) is 5.10. The summed E-state index contributed by atoms with van der Waals surface area (Å²) in [6.07, 6.45) is 0. The monoisotopic (exact) mass is 304 g/mol. The van der Waals surface area contributed by atoms with Gasteiger partial charge in [0, 0.05) is 18.0 Å². The number of rotatable bonds is 8. The molecule has 0 aliphatic rings. The van der Waals surface area contributed by atoms with Crippen molar-refractivity contribution in [3.05, 3.63) is 40.2 Å². The van der Waals surface area contributed by atoms with Crippen molar-refractivity contribution >= 4 is 17.2 Å². The molecule has 1 N–H and O–H groups in total. The van der Waals surface area contributed by atoms with Gasteiger partial charge in [-0.1, -0.05) is 19.9 Å². The Bertz CT molecular complexity index is 508. The molecule has 2 rings (SSSR count). The van der Waals surface area contributed by atoms with Gasteiger partial charge in [-0.3, -0.25) is 0 Å². The Kier molecular flexibility index (Phi) is 6.14. The van der Waals surface area contributed by atoms with E-state index < -0.39 is 0 Å². The molecular weight excluding hydrogens is 280 g/mol. The molecule has 0 amide bonds. The average Bonchev–Trinajstić information content (AvgIpc) is 2.98. The van der Waals surface area contributed by atoms with Gasteiger partial charge >= 0.3 is 0 Å². The van der Waals surface area contributed by atoms with Crippen molar-refractivity contribution < 1.29 is 0 Å². The van der Waals surface area contributed by atoms with Crippen molar-refractivity contribution in [3.8, 4) is 0 Å². The van der Waals surface area contributed by atoms with E-state index in [4.69, 9.17) is 0 Å². The first kappa shape index (κ1) is 15.9. The quantitative estimate of drug-likeness (QED) is 0.812. The third-order valence-corrected chi connectivity index (χ3v) is 4.06. The van der Waals surface area contributed by atoms with Gasteiger partial charge in [-0.05, 0) is 43.0 Å². The SMILES string of the molecule is CCN(Cc1cccs1)c1ccc(CNCC(C)C)nn1. The van der Waals surface area contributed by atoms with Crippen molar-refractivity contribution in [2.45, 2.75) is 33.9 Å². The molecule has 0 aliphatic heterocycles. The van der Waals surface area contributed by atoms with E-state index >= 15 is 0 Å². The van der Waals surface area contributed by atoms with Crippen molar-refractivity contribution in [1.29, 1.82) is 0 Å². The molecule has 0 spiro atoms. The molecule has 0 bridgehead atoms. The second-order valence-electron chi connectivity index (χ2n) is 5.50. The standard InChI is InChI=1S/C16H24N4S/c1-4-20(12-15-6-5-9-21-15)16-8-7-14(18-19-16)11-17-10-13(2)3/h5-9,13,17H,4,10-12H2,1-3H3. The lowest BCUT2D eigenvalue weighted by Gasteiger charge is -2.20. The minimum Gasteiger partial charge on any atom is -0.350 e. The first-order chi connectivity index (χ1) is 10.2. The van der Waals surface area contributed by atoms with E-state index in [1.165, 1.54) is 4.88 Å². The molecule has 2 aromatic heterocycles. The Hall–Kier alpha value is -1.46. The fraction of sp³-hybridized carbons (Fsp3) is 0.500. The van der Waals surface area contributed by atoms with Gasteiger partial charge < -0.3 is 10.2 Å². The molecule has 5 heteroatoms. The summed E-state index contributed by atoms with van der Waals surface area (Å²) in [5, 5.41) is 14.2. The summed E-state index contributed by atoms with van der Waals surface area (Å²) in [6, 6.07) is 8.37. The van der Waals surface area contributed by atoms with Gasteiger partial charge in [0.2, 0.25) is 0 Å². The number of thiophene rings is 1. The van der Waals surface area contributed by atoms with Crippen LogP contribution in [0.4, 0.5) is 5.82 Å². The van der Waals surface area contributed by atoms with Crippen molar-refractivity contribution in [1.82, 2.24) is 15.5 Å². The summed E-state index contributed by atoms with van der Waals surface area (Å²) >= 11 is 1.78. The Balaban J connectivity index is 1.93. The van der Waals surface area contributed by atoms with Crippen LogP contribution in [0.5, 0.6) is 0 Å². The molecule has 0 atom stereocenters. The highest BCUT2D eigenvalue weighted by atomic mass is 32.1. The van der Waals surface area contributed by atoms with E-state index in [0.717, 1.165) is 37.7 Å². The predicted molar refractivity (Wildman–Crippen MR) is 89.6 cm³/mol. The van der Waals surface area contributed by atoms with Crippen LogP contribution in [-0.2, 0) is 13.1 Å². The number of aromatic nitrogens is 2. The molecule has 4 nitrogen and oxygen atoms in total. The van der Waals surface area contributed by atoms with Crippen LogP contribution in [0.2, 0.25) is 0 Å². The lowest BCUT2D eigenvalue weighted by atomic mass is 10.2. The lowest BCUT2D eigenvalue weighted by Crippen LogP contribution is -2.24. The Morgan fingerprint density at radius 3 is 2.67 bits per heavy atom. The second kappa shape index (κ2) is 8.10. The van der Waals surface area contributed by atoms with Crippen LogP contribution in [0.25, 0.3) is 0 Å². The van der Waals surface area contributed by atoms with E-state index in [9.17, 15) is 0 Å². The zero-order valence-electron chi connectivity index (χ0n) is 13.0. The maximum Gasteiger partial charge on any atom is 0.151 e. The van der Waals surface area contributed by atoms with Gasteiger partial charge in [0.05, 0.1) is 12.2 Å². The Labute approximate surface area is 131 Å². The Morgan fingerprint density at radius 1 is 1.24 bits per heavy atom. The molecule has 0 fully saturated rings. The largest absolute Gasteiger partial charge is 0.350 e. The molecule has 0 saturated heterocycles. The predicted octanol–water partition coefficient (Wildman–Crippen LogP) is 3.31. The van der Waals surface area contributed by atoms with Crippen LogP contribution in [0, 0.1) is 5.92 Å². The molecule has 0 aliphatic carbocycles. The van der Waals surface area contributed by atoms with Gasteiger partial charge in [-0.15, -0.1) is 16.4 Å². The third-order valence-electron chi connectivity index (χ3n) is 3.20. The zero-order chi connectivity index (χ0) is 15.1. The first-order valence-electron chi connectivity index (χ1n) is 7.49. The molecule has 21 heavy (non-hydrogen) atoms. The van der Waals surface area contributed by atoms with Crippen LogP contribution < -0.4 is 10.2 Å². The molecule has 0 saturated carbocycles. The summed E-state index contributed by atoms with van der Waals surface area (Å²) in [5.41, 5.74) is 0.992. The van der Waals surface area contributed by atoms with Crippen LogP contribution in [0.3, 0.4) is 0 Å². The number of anilines is 1. The fourth-order valence-electron chi connectivity index (χ4n) is 2.05. The second-order valence-corrected chi connectivity index (χ2v) is 6.53. The number of hydrogen-bond donors (Lipinski definition) is 1.